The maximum atomic E-state index is 13.1. The third-order valence-electron chi connectivity index (χ3n) is 4.17. The third kappa shape index (κ3) is 5.69. The number of rotatable bonds is 8. The second-order valence-corrected chi connectivity index (χ2v) is 8.48. The topological polar surface area (TPSA) is 75.7 Å². The minimum atomic E-state index is -3.74. The molecule has 2 aromatic rings. The summed E-state index contributed by atoms with van der Waals surface area (Å²) in [6.45, 7) is 5.84. The van der Waals surface area contributed by atoms with Crippen LogP contribution in [0.25, 0.3) is 0 Å². The average Bonchev–Trinajstić information content (AvgIpc) is 2.62. The first-order valence-electron chi connectivity index (χ1n) is 8.82. The normalized spacial score (nSPS) is 12.3. The molecule has 0 aliphatic rings. The molecule has 8 heteroatoms. The van der Waals surface area contributed by atoms with Crippen LogP contribution in [0.1, 0.15) is 18.1 Å². The number of carbonyl (C=O) groups excluding carboxylic acids is 1. The van der Waals surface area contributed by atoms with Crippen molar-refractivity contribution in [3.63, 3.8) is 0 Å². The van der Waals surface area contributed by atoms with Gasteiger partial charge in [0.15, 0.2) is 0 Å². The van der Waals surface area contributed by atoms with Gasteiger partial charge < -0.3 is 10.1 Å². The molecule has 2 rings (SSSR count). The van der Waals surface area contributed by atoms with E-state index in [0.717, 1.165) is 39.6 Å². The van der Waals surface area contributed by atoms with Crippen molar-refractivity contribution in [3.8, 4) is 5.75 Å². The van der Waals surface area contributed by atoms with Crippen LogP contribution in [0.5, 0.6) is 5.75 Å². The maximum Gasteiger partial charge on any atom is 0.243 e. The maximum absolute atomic E-state index is 13.1. The Labute approximate surface area is 165 Å². The summed E-state index contributed by atoms with van der Waals surface area (Å²) in [4.78, 5) is 12.5. The average molecular weight is 408 g/mol. The second-order valence-electron chi connectivity index (χ2n) is 6.62. The van der Waals surface area contributed by atoms with Crippen LogP contribution in [0.2, 0.25) is 0 Å². The van der Waals surface area contributed by atoms with Crippen LogP contribution in [-0.4, -0.2) is 39.8 Å². The Kier molecular flexibility index (Phi) is 7.01. The number of anilines is 1. The van der Waals surface area contributed by atoms with Crippen molar-refractivity contribution in [2.75, 3.05) is 23.7 Å². The molecule has 0 bridgehead atoms. The summed E-state index contributed by atoms with van der Waals surface area (Å²) < 4.78 is 44.1. The molecule has 6 nitrogen and oxygen atoms in total. The predicted molar refractivity (Wildman–Crippen MR) is 108 cm³/mol. The van der Waals surface area contributed by atoms with Gasteiger partial charge in [-0.25, -0.2) is 12.8 Å². The summed E-state index contributed by atoms with van der Waals surface area (Å²) in [5.41, 5.74) is 2.28. The summed E-state index contributed by atoms with van der Waals surface area (Å²) >= 11 is 0. The van der Waals surface area contributed by atoms with Crippen molar-refractivity contribution >= 4 is 21.6 Å². The van der Waals surface area contributed by atoms with Gasteiger partial charge in [0.25, 0.3) is 0 Å². The Morgan fingerprint density at radius 2 is 1.82 bits per heavy atom. The first-order valence-corrected chi connectivity index (χ1v) is 10.7. The first-order chi connectivity index (χ1) is 13.1. The smallest absolute Gasteiger partial charge is 0.243 e. The number of aryl methyl sites for hydroxylation is 2. The molecule has 0 aromatic heterocycles. The lowest BCUT2D eigenvalue weighted by atomic mass is 10.1. The number of ether oxygens (including phenoxy) is 1. The number of carbonyl (C=O) groups is 1. The van der Waals surface area contributed by atoms with Gasteiger partial charge in [0.1, 0.15) is 24.2 Å². The molecule has 0 radical (unpaired) electrons. The van der Waals surface area contributed by atoms with Crippen molar-refractivity contribution < 1.29 is 22.3 Å². The summed E-state index contributed by atoms with van der Waals surface area (Å²) in [7, 11) is -3.74. The zero-order chi connectivity index (χ0) is 20.9. The van der Waals surface area contributed by atoms with E-state index in [4.69, 9.17) is 4.74 Å². The Hall–Kier alpha value is -2.61. The zero-order valence-electron chi connectivity index (χ0n) is 16.4. The van der Waals surface area contributed by atoms with Crippen LogP contribution in [0.3, 0.4) is 0 Å². The Morgan fingerprint density at radius 3 is 2.43 bits per heavy atom. The van der Waals surface area contributed by atoms with E-state index < -0.39 is 27.8 Å². The van der Waals surface area contributed by atoms with Crippen molar-refractivity contribution in [1.82, 2.24) is 5.32 Å². The molecule has 0 aliphatic carbocycles. The van der Waals surface area contributed by atoms with E-state index in [9.17, 15) is 17.6 Å². The summed E-state index contributed by atoms with van der Waals surface area (Å²) in [5, 5.41) is 2.68. The van der Waals surface area contributed by atoms with Crippen LogP contribution in [-0.2, 0) is 14.8 Å². The highest BCUT2D eigenvalue weighted by Gasteiger charge is 2.28. The van der Waals surface area contributed by atoms with E-state index in [1.54, 1.807) is 0 Å². The molecule has 1 amide bonds. The molecule has 0 spiro atoms. The van der Waals surface area contributed by atoms with E-state index >= 15 is 0 Å². The minimum absolute atomic E-state index is 0.220. The lowest BCUT2D eigenvalue weighted by molar-refractivity contribution is -0.121. The van der Waals surface area contributed by atoms with Gasteiger partial charge in [-0.15, -0.1) is 0 Å². The Bertz CT molecular complexity index is 930. The standard InChI is InChI=1S/C20H25FN2O4S/c1-14-5-6-15(2)19(13-14)27-12-11-22-20(24)16(3)23(28(4,25)26)18-9-7-17(21)8-10-18/h5-10,13,16H,11-12H2,1-4H3,(H,22,24)/t16-/m0/s1. The van der Waals surface area contributed by atoms with Gasteiger partial charge in [-0.1, -0.05) is 12.1 Å². The van der Waals surface area contributed by atoms with Crippen molar-refractivity contribution in [2.24, 2.45) is 0 Å². The van der Waals surface area contributed by atoms with Gasteiger partial charge in [0.2, 0.25) is 15.9 Å². The highest BCUT2D eigenvalue weighted by Crippen LogP contribution is 2.21. The molecule has 2 aromatic carbocycles. The number of hydrogen-bond acceptors (Lipinski definition) is 4. The SMILES string of the molecule is Cc1ccc(C)c(OCCNC(=O)[C@H](C)N(c2ccc(F)cc2)S(C)(=O)=O)c1. The van der Waals surface area contributed by atoms with Gasteiger partial charge in [-0.3, -0.25) is 9.10 Å². The lowest BCUT2D eigenvalue weighted by Gasteiger charge is -2.28. The number of benzene rings is 2. The number of amides is 1. The molecule has 0 unspecified atom stereocenters. The van der Waals surface area contributed by atoms with Crippen LogP contribution in [0.4, 0.5) is 10.1 Å². The van der Waals surface area contributed by atoms with E-state index in [-0.39, 0.29) is 18.8 Å². The molecule has 0 saturated carbocycles. The zero-order valence-corrected chi connectivity index (χ0v) is 17.2. The van der Waals surface area contributed by atoms with Crippen molar-refractivity contribution in [2.45, 2.75) is 26.8 Å². The molecule has 152 valence electrons. The molecule has 0 saturated heterocycles. The van der Waals surface area contributed by atoms with E-state index in [1.807, 2.05) is 32.0 Å². The molecule has 1 N–H and O–H groups in total. The van der Waals surface area contributed by atoms with Crippen LogP contribution < -0.4 is 14.4 Å². The first kappa shape index (κ1) is 21.7. The monoisotopic (exact) mass is 408 g/mol. The fourth-order valence-corrected chi connectivity index (χ4v) is 3.92. The molecule has 28 heavy (non-hydrogen) atoms. The van der Waals surface area contributed by atoms with Crippen molar-refractivity contribution in [1.29, 1.82) is 0 Å². The van der Waals surface area contributed by atoms with Gasteiger partial charge >= 0.3 is 0 Å². The lowest BCUT2D eigenvalue weighted by Crippen LogP contribution is -2.48. The van der Waals surface area contributed by atoms with Crippen LogP contribution in [0, 0.1) is 19.7 Å². The van der Waals surface area contributed by atoms with Crippen LogP contribution >= 0.6 is 0 Å². The molecular weight excluding hydrogens is 383 g/mol. The number of hydrogen-bond donors (Lipinski definition) is 1. The van der Waals surface area contributed by atoms with E-state index in [2.05, 4.69) is 5.32 Å². The molecule has 0 heterocycles. The molecular formula is C20H25FN2O4S. The molecule has 0 aliphatic heterocycles. The van der Waals surface area contributed by atoms with Crippen LogP contribution in [0.15, 0.2) is 42.5 Å². The summed E-state index contributed by atoms with van der Waals surface area (Å²) in [6.07, 6.45) is 1.00. The van der Waals surface area contributed by atoms with Gasteiger partial charge in [0, 0.05) is 0 Å². The summed E-state index contributed by atoms with van der Waals surface area (Å²) in [6, 6.07) is 9.81. The second kappa shape index (κ2) is 9.05. The highest BCUT2D eigenvalue weighted by atomic mass is 32.2. The Morgan fingerprint density at radius 1 is 1.18 bits per heavy atom. The summed E-state index contributed by atoms with van der Waals surface area (Å²) in [5.74, 6) is -0.219. The number of nitrogens with one attached hydrogen (secondary N) is 1. The molecule has 0 fully saturated rings. The van der Waals surface area contributed by atoms with Gasteiger partial charge in [0.05, 0.1) is 18.5 Å². The highest BCUT2D eigenvalue weighted by molar-refractivity contribution is 7.92. The third-order valence-corrected chi connectivity index (χ3v) is 5.41. The van der Waals surface area contributed by atoms with E-state index in [0.29, 0.717) is 0 Å². The molecule has 1 atom stereocenters. The fourth-order valence-electron chi connectivity index (χ4n) is 2.74. The van der Waals surface area contributed by atoms with E-state index in [1.165, 1.54) is 19.1 Å². The number of halogens is 1. The Balaban J connectivity index is 1.99. The fraction of sp³-hybridized carbons (Fsp3) is 0.350. The van der Waals surface area contributed by atoms with Gasteiger partial charge in [-0.05, 0) is 62.2 Å². The van der Waals surface area contributed by atoms with Crippen molar-refractivity contribution in [3.05, 3.63) is 59.4 Å². The predicted octanol–water partition coefficient (Wildman–Crippen LogP) is 2.79. The number of nitrogens with zero attached hydrogens (tertiary/aromatic N) is 1. The minimum Gasteiger partial charge on any atom is -0.491 e. The van der Waals surface area contributed by atoms with Gasteiger partial charge in [-0.2, -0.15) is 0 Å². The quantitative estimate of drug-likeness (QED) is 0.682. The largest absolute Gasteiger partial charge is 0.491 e. The number of sulfonamides is 1.